The fourth-order valence-electron chi connectivity index (χ4n) is 2.13. The number of ether oxygens (including phenoxy) is 1. The summed E-state index contributed by atoms with van der Waals surface area (Å²) in [7, 11) is 1.58. The molecule has 3 aromatic rings. The minimum absolute atomic E-state index is 0.370. The molecule has 0 fully saturated rings. The summed E-state index contributed by atoms with van der Waals surface area (Å²) in [5.74, 6) is 1.55. The molecule has 0 aliphatic heterocycles. The lowest BCUT2D eigenvalue weighted by atomic mass is 10.3. The van der Waals surface area contributed by atoms with Crippen molar-refractivity contribution in [2.75, 3.05) is 23.5 Å². The highest BCUT2D eigenvalue weighted by molar-refractivity contribution is 7.15. The van der Waals surface area contributed by atoms with Crippen LogP contribution in [0.4, 0.5) is 28.1 Å². The van der Waals surface area contributed by atoms with Crippen molar-refractivity contribution in [3.05, 3.63) is 40.1 Å². The highest BCUT2D eigenvalue weighted by atomic mass is 35.5. The van der Waals surface area contributed by atoms with Crippen LogP contribution >= 0.6 is 22.9 Å². The van der Waals surface area contributed by atoms with E-state index in [0.717, 1.165) is 15.7 Å². The summed E-state index contributed by atoms with van der Waals surface area (Å²) >= 11 is 7.60. The Hall–Kier alpha value is -2.58. The molecule has 0 saturated heterocycles. The molecule has 0 aliphatic rings. The Kier molecular flexibility index (Phi) is 4.91. The van der Waals surface area contributed by atoms with E-state index in [1.54, 1.807) is 25.3 Å². The van der Waals surface area contributed by atoms with Crippen molar-refractivity contribution in [1.29, 1.82) is 0 Å². The van der Waals surface area contributed by atoms with E-state index in [9.17, 15) is 0 Å². The average Bonchev–Trinajstić information content (AvgIpc) is 2.89. The first kappa shape index (κ1) is 17.2. The third-order valence-corrected chi connectivity index (χ3v) is 4.78. The molecular formula is C16H17ClN6OS. The van der Waals surface area contributed by atoms with E-state index in [4.69, 9.17) is 22.1 Å². The average molecular weight is 377 g/mol. The van der Waals surface area contributed by atoms with Gasteiger partial charge in [0, 0.05) is 9.90 Å². The van der Waals surface area contributed by atoms with E-state index in [2.05, 4.69) is 25.6 Å². The van der Waals surface area contributed by atoms with Gasteiger partial charge in [-0.05, 0) is 32.0 Å². The van der Waals surface area contributed by atoms with Crippen LogP contribution in [-0.2, 0) is 0 Å². The molecule has 0 unspecified atom stereocenters. The highest BCUT2D eigenvalue weighted by Gasteiger charge is 2.13. The van der Waals surface area contributed by atoms with Gasteiger partial charge in [-0.15, -0.1) is 11.3 Å². The largest absolute Gasteiger partial charge is 0.495 e. The number of rotatable bonds is 5. The van der Waals surface area contributed by atoms with Crippen LogP contribution in [0.3, 0.4) is 0 Å². The molecule has 3 rings (SSSR count). The quantitative estimate of drug-likeness (QED) is 0.611. The second-order valence-corrected chi connectivity index (χ2v) is 6.88. The molecule has 2 heterocycles. The molecule has 130 valence electrons. The Morgan fingerprint density at radius 3 is 2.52 bits per heavy atom. The van der Waals surface area contributed by atoms with Crippen LogP contribution in [0, 0.1) is 13.8 Å². The van der Waals surface area contributed by atoms with Crippen molar-refractivity contribution in [2.24, 2.45) is 0 Å². The van der Waals surface area contributed by atoms with E-state index < -0.39 is 0 Å². The van der Waals surface area contributed by atoms with Crippen LogP contribution in [0.15, 0.2) is 24.5 Å². The maximum Gasteiger partial charge on any atom is 0.188 e. The van der Waals surface area contributed by atoms with Gasteiger partial charge in [-0.2, -0.15) is 0 Å². The van der Waals surface area contributed by atoms with Crippen molar-refractivity contribution in [3.63, 3.8) is 0 Å². The van der Waals surface area contributed by atoms with Crippen LogP contribution in [0.1, 0.15) is 10.6 Å². The molecule has 0 atom stereocenters. The lowest BCUT2D eigenvalue weighted by Gasteiger charge is -2.14. The Morgan fingerprint density at radius 2 is 1.88 bits per heavy atom. The standard InChI is InChI=1S/C16H17ClN6OS/c1-8-9(2)25-16(21-8)23-15-13(18)14(19-7-20-15)22-11-6-10(17)4-5-12(11)24-3/h4-7H,18H2,1-3H3,(H2,19,20,21,22,23). The van der Waals surface area contributed by atoms with Crippen LogP contribution in [0.25, 0.3) is 0 Å². The van der Waals surface area contributed by atoms with Crippen molar-refractivity contribution >= 4 is 51.1 Å². The molecule has 25 heavy (non-hydrogen) atoms. The van der Waals surface area contributed by atoms with Gasteiger partial charge in [-0.1, -0.05) is 11.6 Å². The summed E-state index contributed by atoms with van der Waals surface area (Å²) in [6.45, 7) is 3.97. The number of nitrogen functional groups attached to an aromatic ring is 1. The summed E-state index contributed by atoms with van der Waals surface area (Å²) in [6.07, 6.45) is 1.42. The molecule has 0 bridgehead atoms. The third-order valence-electron chi connectivity index (χ3n) is 3.55. The maximum absolute atomic E-state index is 6.21. The summed E-state index contributed by atoms with van der Waals surface area (Å²) in [6, 6.07) is 5.25. The van der Waals surface area contributed by atoms with Crippen LogP contribution < -0.4 is 21.1 Å². The van der Waals surface area contributed by atoms with Gasteiger partial charge in [0.05, 0.1) is 18.5 Å². The monoisotopic (exact) mass is 376 g/mol. The summed E-state index contributed by atoms with van der Waals surface area (Å²) in [5.41, 5.74) is 8.21. The van der Waals surface area contributed by atoms with E-state index in [1.807, 2.05) is 13.8 Å². The first-order valence-corrected chi connectivity index (χ1v) is 8.59. The number of nitrogens with zero attached hydrogens (tertiary/aromatic N) is 3. The zero-order valence-corrected chi connectivity index (χ0v) is 15.5. The van der Waals surface area contributed by atoms with Crippen LogP contribution in [-0.4, -0.2) is 22.1 Å². The number of methoxy groups -OCH3 is 1. The normalized spacial score (nSPS) is 10.6. The number of halogens is 1. The molecule has 0 amide bonds. The van der Waals surface area contributed by atoms with Gasteiger partial charge in [-0.3, -0.25) is 0 Å². The Bertz CT molecular complexity index is 894. The minimum atomic E-state index is 0.370. The number of nitrogens with two attached hydrogens (primary N) is 1. The van der Waals surface area contributed by atoms with Crippen LogP contribution in [0.2, 0.25) is 5.02 Å². The Labute approximate surface area is 154 Å². The predicted octanol–water partition coefficient (Wildman–Crippen LogP) is 4.28. The fourth-order valence-corrected chi connectivity index (χ4v) is 3.11. The smallest absolute Gasteiger partial charge is 0.188 e. The van der Waals surface area contributed by atoms with Crippen LogP contribution in [0.5, 0.6) is 5.75 Å². The zero-order valence-electron chi connectivity index (χ0n) is 13.9. The van der Waals surface area contributed by atoms with E-state index in [-0.39, 0.29) is 0 Å². The molecule has 1 aromatic carbocycles. The second kappa shape index (κ2) is 7.12. The lowest BCUT2D eigenvalue weighted by molar-refractivity contribution is 0.417. The first-order valence-electron chi connectivity index (χ1n) is 7.40. The van der Waals surface area contributed by atoms with E-state index in [0.29, 0.717) is 33.8 Å². The number of aromatic nitrogens is 3. The summed E-state index contributed by atoms with van der Waals surface area (Å²) in [4.78, 5) is 14.0. The first-order chi connectivity index (χ1) is 12.0. The number of aryl methyl sites for hydroxylation is 2. The van der Waals surface area contributed by atoms with Gasteiger partial charge in [-0.25, -0.2) is 15.0 Å². The number of nitrogens with one attached hydrogen (secondary N) is 2. The minimum Gasteiger partial charge on any atom is -0.495 e. The molecule has 2 aromatic heterocycles. The van der Waals surface area contributed by atoms with Crippen molar-refractivity contribution < 1.29 is 4.74 Å². The fraction of sp³-hybridized carbons (Fsp3) is 0.188. The SMILES string of the molecule is COc1ccc(Cl)cc1Nc1ncnc(Nc2nc(C)c(C)s2)c1N. The number of hydrogen-bond donors (Lipinski definition) is 3. The van der Waals surface area contributed by atoms with Gasteiger partial charge >= 0.3 is 0 Å². The van der Waals surface area contributed by atoms with E-state index in [1.165, 1.54) is 17.7 Å². The number of hydrogen-bond acceptors (Lipinski definition) is 8. The third kappa shape index (κ3) is 3.75. The molecule has 0 spiro atoms. The van der Waals surface area contributed by atoms with Crippen molar-refractivity contribution in [3.8, 4) is 5.75 Å². The Balaban J connectivity index is 1.90. The summed E-state index contributed by atoms with van der Waals surface area (Å²) in [5, 5.41) is 7.57. The molecule has 7 nitrogen and oxygen atoms in total. The number of benzene rings is 1. The predicted molar refractivity (Wildman–Crippen MR) is 103 cm³/mol. The number of thiazole rings is 1. The Morgan fingerprint density at radius 1 is 1.16 bits per heavy atom. The summed E-state index contributed by atoms with van der Waals surface area (Å²) < 4.78 is 5.32. The van der Waals surface area contributed by atoms with Crippen molar-refractivity contribution in [1.82, 2.24) is 15.0 Å². The van der Waals surface area contributed by atoms with Gasteiger partial charge in [0.2, 0.25) is 0 Å². The molecular weight excluding hydrogens is 360 g/mol. The van der Waals surface area contributed by atoms with Gasteiger partial charge in [0.1, 0.15) is 17.8 Å². The molecule has 4 N–H and O–H groups in total. The molecule has 0 aliphatic carbocycles. The highest BCUT2D eigenvalue weighted by Crippen LogP contribution is 2.34. The molecule has 9 heteroatoms. The molecule has 0 saturated carbocycles. The lowest BCUT2D eigenvalue weighted by Crippen LogP contribution is -2.05. The van der Waals surface area contributed by atoms with Crippen molar-refractivity contribution in [2.45, 2.75) is 13.8 Å². The van der Waals surface area contributed by atoms with Gasteiger partial charge in [0.15, 0.2) is 16.8 Å². The van der Waals surface area contributed by atoms with E-state index >= 15 is 0 Å². The molecule has 0 radical (unpaired) electrons. The zero-order chi connectivity index (χ0) is 18.0. The number of anilines is 5. The maximum atomic E-state index is 6.21. The second-order valence-electron chi connectivity index (χ2n) is 5.24. The van der Waals surface area contributed by atoms with Gasteiger partial charge < -0.3 is 21.1 Å². The topological polar surface area (TPSA) is 98.0 Å². The van der Waals surface area contributed by atoms with Gasteiger partial charge in [0.25, 0.3) is 0 Å².